The highest BCUT2D eigenvalue weighted by Gasteiger charge is 1.99. The van der Waals surface area contributed by atoms with Gasteiger partial charge >= 0.3 is 0 Å². The van der Waals surface area contributed by atoms with Crippen LogP contribution in [0.1, 0.15) is 17.5 Å². The quantitative estimate of drug-likeness (QED) is 0.697. The number of ether oxygens (including phenoxy) is 1. The molecule has 0 aliphatic heterocycles. The van der Waals surface area contributed by atoms with Crippen LogP contribution in [0.2, 0.25) is 0 Å². The van der Waals surface area contributed by atoms with Crippen LogP contribution in [0.25, 0.3) is 0 Å². The third-order valence-corrected chi connectivity index (χ3v) is 2.31. The Morgan fingerprint density at radius 1 is 1.40 bits per heavy atom. The molecule has 0 amide bonds. The Balaban J connectivity index is 2.47. The average Bonchev–Trinajstić information content (AvgIpc) is 2.26. The number of methoxy groups -OCH3 is 1. The van der Waals surface area contributed by atoms with Crippen molar-refractivity contribution in [2.75, 3.05) is 20.3 Å². The van der Waals surface area contributed by atoms with Crippen molar-refractivity contribution in [1.29, 1.82) is 0 Å². The van der Waals surface area contributed by atoms with Gasteiger partial charge in [0, 0.05) is 13.2 Å². The molecule has 0 unspecified atom stereocenters. The number of aliphatic hydroxyl groups is 1. The first-order valence-corrected chi connectivity index (χ1v) is 5.23. The highest BCUT2D eigenvalue weighted by Crippen LogP contribution is 2.18. The Hall–Kier alpha value is -1.06. The fourth-order valence-electron chi connectivity index (χ4n) is 1.41. The minimum atomic E-state index is 0.240. The van der Waals surface area contributed by atoms with Crippen LogP contribution in [0, 0.1) is 6.92 Å². The molecular formula is C12H19NO2. The number of hydrogen-bond donors (Lipinski definition) is 2. The molecule has 0 spiro atoms. The van der Waals surface area contributed by atoms with Crippen molar-refractivity contribution in [2.45, 2.75) is 19.9 Å². The summed E-state index contributed by atoms with van der Waals surface area (Å²) in [6.45, 7) is 3.93. The lowest BCUT2D eigenvalue weighted by Crippen LogP contribution is -2.15. The van der Waals surface area contributed by atoms with E-state index in [9.17, 15) is 0 Å². The average molecular weight is 209 g/mol. The van der Waals surface area contributed by atoms with Crippen LogP contribution < -0.4 is 10.1 Å². The monoisotopic (exact) mass is 209 g/mol. The third-order valence-electron chi connectivity index (χ3n) is 2.31. The lowest BCUT2D eigenvalue weighted by Gasteiger charge is -2.08. The number of aliphatic hydroxyl groups excluding tert-OH is 1. The van der Waals surface area contributed by atoms with Gasteiger partial charge in [0.15, 0.2) is 0 Å². The molecule has 1 aromatic rings. The highest BCUT2D eigenvalue weighted by molar-refractivity contribution is 5.36. The van der Waals surface area contributed by atoms with Crippen molar-refractivity contribution in [1.82, 2.24) is 5.32 Å². The smallest absolute Gasteiger partial charge is 0.122 e. The Labute approximate surface area is 91.1 Å². The molecule has 0 atom stereocenters. The topological polar surface area (TPSA) is 41.5 Å². The largest absolute Gasteiger partial charge is 0.496 e. The van der Waals surface area contributed by atoms with Crippen molar-refractivity contribution in [3.05, 3.63) is 29.3 Å². The number of hydrogen-bond acceptors (Lipinski definition) is 3. The van der Waals surface area contributed by atoms with Crippen LogP contribution in [0.15, 0.2) is 18.2 Å². The highest BCUT2D eigenvalue weighted by atomic mass is 16.5. The molecule has 0 fully saturated rings. The predicted octanol–water partition coefficient (Wildman–Crippen LogP) is 1.48. The van der Waals surface area contributed by atoms with Crippen LogP contribution in [-0.4, -0.2) is 25.4 Å². The summed E-state index contributed by atoms with van der Waals surface area (Å²) in [5, 5.41) is 11.9. The SMILES string of the molecule is COc1cc(CNCCCO)ccc1C. The second-order valence-electron chi connectivity index (χ2n) is 3.56. The molecule has 84 valence electrons. The van der Waals surface area contributed by atoms with Gasteiger partial charge < -0.3 is 15.2 Å². The molecule has 0 aliphatic rings. The maximum atomic E-state index is 8.62. The van der Waals surface area contributed by atoms with Crippen LogP contribution >= 0.6 is 0 Å². The molecule has 15 heavy (non-hydrogen) atoms. The second-order valence-corrected chi connectivity index (χ2v) is 3.56. The lowest BCUT2D eigenvalue weighted by molar-refractivity contribution is 0.286. The first kappa shape index (κ1) is 12.0. The van der Waals surface area contributed by atoms with Gasteiger partial charge in [-0.3, -0.25) is 0 Å². The minimum Gasteiger partial charge on any atom is -0.496 e. The van der Waals surface area contributed by atoms with Gasteiger partial charge in [0.1, 0.15) is 5.75 Å². The van der Waals surface area contributed by atoms with E-state index >= 15 is 0 Å². The second kappa shape index (κ2) is 6.43. The molecule has 3 nitrogen and oxygen atoms in total. The van der Waals surface area contributed by atoms with Crippen LogP contribution in [0.4, 0.5) is 0 Å². The van der Waals surface area contributed by atoms with Crippen molar-refractivity contribution in [2.24, 2.45) is 0 Å². The first-order chi connectivity index (χ1) is 7.27. The number of nitrogens with one attached hydrogen (secondary N) is 1. The van der Waals surface area contributed by atoms with E-state index in [0.717, 1.165) is 30.8 Å². The van der Waals surface area contributed by atoms with Crippen molar-refractivity contribution >= 4 is 0 Å². The molecule has 2 N–H and O–H groups in total. The van der Waals surface area contributed by atoms with Gasteiger partial charge in [0.25, 0.3) is 0 Å². The molecule has 0 saturated heterocycles. The van der Waals surface area contributed by atoms with Crippen LogP contribution in [-0.2, 0) is 6.54 Å². The van der Waals surface area contributed by atoms with E-state index in [4.69, 9.17) is 9.84 Å². The van der Waals surface area contributed by atoms with E-state index in [0.29, 0.717) is 0 Å². The maximum absolute atomic E-state index is 8.62. The Kier molecular flexibility index (Phi) is 5.15. The Bertz CT molecular complexity index is 300. The lowest BCUT2D eigenvalue weighted by atomic mass is 10.1. The van der Waals surface area contributed by atoms with E-state index in [1.165, 1.54) is 5.56 Å². The minimum absolute atomic E-state index is 0.240. The van der Waals surface area contributed by atoms with E-state index in [1.807, 2.05) is 13.0 Å². The molecule has 1 aromatic carbocycles. The number of benzene rings is 1. The molecule has 3 heteroatoms. The van der Waals surface area contributed by atoms with E-state index in [2.05, 4.69) is 17.4 Å². The van der Waals surface area contributed by atoms with Gasteiger partial charge in [0.05, 0.1) is 7.11 Å². The zero-order chi connectivity index (χ0) is 11.1. The predicted molar refractivity (Wildman–Crippen MR) is 61.1 cm³/mol. The summed E-state index contributed by atoms with van der Waals surface area (Å²) < 4.78 is 5.25. The fourth-order valence-corrected chi connectivity index (χ4v) is 1.41. The Morgan fingerprint density at radius 2 is 2.20 bits per heavy atom. The molecule has 0 aromatic heterocycles. The van der Waals surface area contributed by atoms with E-state index < -0.39 is 0 Å². The van der Waals surface area contributed by atoms with Crippen LogP contribution in [0.3, 0.4) is 0 Å². The van der Waals surface area contributed by atoms with Gasteiger partial charge in [-0.25, -0.2) is 0 Å². The van der Waals surface area contributed by atoms with Gasteiger partial charge in [-0.2, -0.15) is 0 Å². The van der Waals surface area contributed by atoms with Gasteiger partial charge in [-0.05, 0) is 37.1 Å². The van der Waals surface area contributed by atoms with E-state index in [-0.39, 0.29) is 6.61 Å². The normalized spacial score (nSPS) is 10.3. The number of rotatable bonds is 6. The van der Waals surface area contributed by atoms with E-state index in [1.54, 1.807) is 7.11 Å². The van der Waals surface area contributed by atoms with Gasteiger partial charge in [-0.15, -0.1) is 0 Å². The molecular weight excluding hydrogens is 190 g/mol. The molecule has 1 rings (SSSR count). The summed E-state index contributed by atoms with van der Waals surface area (Å²) in [6, 6.07) is 6.19. The number of aryl methyl sites for hydroxylation is 1. The summed E-state index contributed by atoms with van der Waals surface area (Å²) >= 11 is 0. The summed E-state index contributed by atoms with van der Waals surface area (Å²) in [4.78, 5) is 0. The fraction of sp³-hybridized carbons (Fsp3) is 0.500. The van der Waals surface area contributed by atoms with Crippen molar-refractivity contribution in [3.8, 4) is 5.75 Å². The maximum Gasteiger partial charge on any atom is 0.122 e. The van der Waals surface area contributed by atoms with Crippen molar-refractivity contribution < 1.29 is 9.84 Å². The standard InChI is InChI=1S/C12H19NO2/c1-10-4-5-11(8-12(10)15-2)9-13-6-3-7-14/h4-5,8,13-14H,3,6-7,9H2,1-2H3. The Morgan fingerprint density at radius 3 is 2.87 bits per heavy atom. The molecule has 0 radical (unpaired) electrons. The molecule has 0 aliphatic carbocycles. The first-order valence-electron chi connectivity index (χ1n) is 5.23. The summed E-state index contributed by atoms with van der Waals surface area (Å²) in [5.41, 5.74) is 2.35. The zero-order valence-corrected chi connectivity index (χ0v) is 9.42. The summed E-state index contributed by atoms with van der Waals surface area (Å²) in [6.07, 6.45) is 0.795. The summed E-state index contributed by atoms with van der Waals surface area (Å²) in [7, 11) is 1.69. The zero-order valence-electron chi connectivity index (χ0n) is 9.42. The summed E-state index contributed by atoms with van der Waals surface area (Å²) in [5.74, 6) is 0.927. The molecule has 0 bridgehead atoms. The molecule has 0 saturated carbocycles. The molecule has 0 heterocycles. The van der Waals surface area contributed by atoms with Crippen LogP contribution in [0.5, 0.6) is 5.75 Å². The van der Waals surface area contributed by atoms with Crippen molar-refractivity contribution in [3.63, 3.8) is 0 Å². The van der Waals surface area contributed by atoms with Gasteiger partial charge in [0.2, 0.25) is 0 Å². The third kappa shape index (κ3) is 3.90. The van der Waals surface area contributed by atoms with Gasteiger partial charge in [-0.1, -0.05) is 12.1 Å².